The number of benzene rings is 4. The number of rotatable bonds is 10. The number of hydrogen-bond acceptors (Lipinski definition) is 5. The highest BCUT2D eigenvalue weighted by molar-refractivity contribution is 8.00. The smallest absolute Gasteiger partial charge is 0.272 e. The average molecular weight is 550 g/mol. The van der Waals surface area contributed by atoms with Gasteiger partial charge in [-0.05, 0) is 67.1 Å². The fourth-order valence-corrected chi connectivity index (χ4v) is 4.58. The quantitative estimate of drug-likeness (QED) is 0.135. The first-order valence-electron chi connectivity index (χ1n) is 12.8. The molecule has 0 aliphatic heterocycles. The maximum Gasteiger partial charge on any atom is 0.272 e. The van der Waals surface area contributed by atoms with Gasteiger partial charge in [-0.2, -0.15) is 0 Å². The molecule has 0 radical (unpaired) electrons. The minimum atomic E-state index is -0.448. The molecule has 2 amide bonds. The van der Waals surface area contributed by atoms with Gasteiger partial charge in [0.15, 0.2) is 5.78 Å². The van der Waals surface area contributed by atoms with Gasteiger partial charge in [0.1, 0.15) is 5.70 Å². The second-order valence-electron chi connectivity index (χ2n) is 9.42. The van der Waals surface area contributed by atoms with E-state index in [1.807, 2.05) is 92.6 Å². The van der Waals surface area contributed by atoms with Crippen molar-refractivity contribution in [2.24, 2.45) is 0 Å². The van der Waals surface area contributed by atoms with Crippen molar-refractivity contribution in [1.82, 2.24) is 5.32 Å². The van der Waals surface area contributed by atoms with E-state index < -0.39 is 5.91 Å². The summed E-state index contributed by atoms with van der Waals surface area (Å²) < 4.78 is 0. The van der Waals surface area contributed by atoms with Crippen LogP contribution in [0.25, 0.3) is 6.08 Å². The topological polar surface area (TPSA) is 78.5 Å². The molecular formula is C33H31N3O3S. The van der Waals surface area contributed by atoms with Crippen molar-refractivity contribution >= 4 is 46.8 Å². The van der Waals surface area contributed by atoms with Crippen molar-refractivity contribution in [3.05, 3.63) is 131 Å². The lowest BCUT2D eigenvalue weighted by atomic mass is 10.1. The molecule has 202 valence electrons. The Bertz CT molecular complexity index is 1500. The van der Waals surface area contributed by atoms with Gasteiger partial charge in [-0.3, -0.25) is 14.4 Å². The number of ketones is 1. The van der Waals surface area contributed by atoms with E-state index in [9.17, 15) is 14.4 Å². The number of carbonyl (C=O) groups excluding carboxylic acids is 3. The zero-order chi connectivity index (χ0) is 28.5. The molecule has 0 unspecified atom stereocenters. The standard InChI is InChI=1S/C33H31N3O3S/c1-23-9-13-25(14-10-23)31(37)22-40-29-19-15-27(16-20-29)34-33(39)30(35-32(38)26-7-5-4-6-8-26)21-24-11-17-28(18-12-24)36(2)3/h4-21H,22H2,1-3H3,(H,34,39)(H,35,38)/b30-21-. The summed E-state index contributed by atoms with van der Waals surface area (Å²) in [7, 11) is 3.91. The maximum atomic E-state index is 13.3. The number of nitrogens with zero attached hydrogens (tertiary/aromatic N) is 1. The highest BCUT2D eigenvalue weighted by Crippen LogP contribution is 2.22. The molecule has 0 saturated carbocycles. The minimum absolute atomic E-state index is 0.0601. The highest BCUT2D eigenvalue weighted by atomic mass is 32.2. The fraction of sp³-hybridized carbons (Fsp3) is 0.121. The Kier molecular flexibility index (Phi) is 9.54. The number of hydrogen-bond donors (Lipinski definition) is 2. The van der Waals surface area contributed by atoms with E-state index in [0.717, 1.165) is 21.7 Å². The Morgan fingerprint density at radius 3 is 2.05 bits per heavy atom. The van der Waals surface area contributed by atoms with Crippen LogP contribution in [0.3, 0.4) is 0 Å². The number of amides is 2. The summed E-state index contributed by atoms with van der Waals surface area (Å²) in [5, 5.41) is 5.63. The molecule has 7 heteroatoms. The van der Waals surface area contributed by atoms with E-state index >= 15 is 0 Å². The zero-order valence-corrected chi connectivity index (χ0v) is 23.5. The predicted octanol–water partition coefficient (Wildman–Crippen LogP) is 6.45. The highest BCUT2D eigenvalue weighted by Gasteiger charge is 2.15. The van der Waals surface area contributed by atoms with Gasteiger partial charge in [0.2, 0.25) is 0 Å². The lowest BCUT2D eigenvalue weighted by Crippen LogP contribution is -2.30. The van der Waals surface area contributed by atoms with Crippen LogP contribution in [0.1, 0.15) is 31.8 Å². The SMILES string of the molecule is Cc1ccc(C(=O)CSc2ccc(NC(=O)/C(=C/c3ccc(N(C)C)cc3)NC(=O)c3ccccc3)cc2)cc1. The van der Waals surface area contributed by atoms with Gasteiger partial charge < -0.3 is 15.5 Å². The Balaban J connectivity index is 1.45. The van der Waals surface area contributed by atoms with Crippen molar-refractivity contribution in [3.8, 4) is 0 Å². The zero-order valence-electron chi connectivity index (χ0n) is 22.7. The number of Topliss-reactive ketones (excluding diaryl/α,β-unsaturated/α-hetero) is 1. The van der Waals surface area contributed by atoms with Crippen molar-refractivity contribution in [2.45, 2.75) is 11.8 Å². The molecule has 6 nitrogen and oxygen atoms in total. The molecule has 4 aromatic rings. The predicted molar refractivity (Wildman–Crippen MR) is 164 cm³/mol. The molecule has 0 aliphatic carbocycles. The van der Waals surface area contributed by atoms with Crippen LogP contribution in [0.5, 0.6) is 0 Å². The number of nitrogens with one attached hydrogen (secondary N) is 2. The first-order chi connectivity index (χ1) is 19.3. The second-order valence-corrected chi connectivity index (χ2v) is 10.5. The Morgan fingerprint density at radius 1 is 0.775 bits per heavy atom. The van der Waals surface area contributed by atoms with E-state index in [2.05, 4.69) is 10.6 Å². The van der Waals surface area contributed by atoms with Gasteiger partial charge in [-0.1, -0.05) is 60.2 Å². The molecule has 0 atom stereocenters. The van der Waals surface area contributed by atoms with E-state index in [1.54, 1.807) is 42.5 Å². The molecule has 0 heterocycles. The van der Waals surface area contributed by atoms with Crippen LogP contribution in [0, 0.1) is 6.92 Å². The van der Waals surface area contributed by atoms with Crippen molar-refractivity contribution in [3.63, 3.8) is 0 Å². The van der Waals surface area contributed by atoms with E-state index in [0.29, 0.717) is 22.6 Å². The van der Waals surface area contributed by atoms with Gasteiger partial charge in [0, 0.05) is 41.5 Å². The van der Waals surface area contributed by atoms with Gasteiger partial charge in [0.05, 0.1) is 5.75 Å². The average Bonchev–Trinajstić information content (AvgIpc) is 2.97. The summed E-state index contributed by atoms with van der Waals surface area (Å²) in [5.74, 6) is -0.447. The third-order valence-electron chi connectivity index (χ3n) is 6.10. The third kappa shape index (κ3) is 7.94. The van der Waals surface area contributed by atoms with Crippen LogP contribution in [0.2, 0.25) is 0 Å². The van der Waals surface area contributed by atoms with Crippen LogP contribution < -0.4 is 15.5 Å². The van der Waals surface area contributed by atoms with Crippen molar-refractivity contribution < 1.29 is 14.4 Å². The van der Waals surface area contributed by atoms with Crippen LogP contribution in [-0.2, 0) is 4.79 Å². The van der Waals surface area contributed by atoms with Gasteiger partial charge in [-0.15, -0.1) is 11.8 Å². The monoisotopic (exact) mass is 549 g/mol. The molecule has 0 bridgehead atoms. The molecule has 0 aromatic heterocycles. The maximum absolute atomic E-state index is 13.3. The first-order valence-corrected chi connectivity index (χ1v) is 13.8. The minimum Gasteiger partial charge on any atom is -0.378 e. The van der Waals surface area contributed by atoms with Crippen LogP contribution in [0.4, 0.5) is 11.4 Å². The summed E-state index contributed by atoms with van der Waals surface area (Å²) in [5.41, 5.74) is 4.74. The second kappa shape index (κ2) is 13.4. The van der Waals surface area contributed by atoms with Crippen LogP contribution >= 0.6 is 11.8 Å². The Labute approximate surface area is 239 Å². The molecule has 0 fully saturated rings. The molecule has 2 N–H and O–H groups in total. The summed E-state index contributed by atoms with van der Waals surface area (Å²) >= 11 is 1.44. The number of carbonyl (C=O) groups is 3. The Morgan fingerprint density at radius 2 is 1.43 bits per heavy atom. The molecule has 0 spiro atoms. The van der Waals surface area contributed by atoms with Crippen molar-refractivity contribution in [1.29, 1.82) is 0 Å². The van der Waals surface area contributed by atoms with E-state index in [4.69, 9.17) is 0 Å². The molecule has 4 aromatic carbocycles. The Hall–Kier alpha value is -4.62. The number of aryl methyl sites for hydroxylation is 1. The van der Waals surface area contributed by atoms with E-state index in [1.165, 1.54) is 11.8 Å². The normalized spacial score (nSPS) is 11.0. The van der Waals surface area contributed by atoms with Crippen LogP contribution in [0.15, 0.2) is 114 Å². The summed E-state index contributed by atoms with van der Waals surface area (Å²) in [6.07, 6.45) is 1.65. The lowest BCUT2D eigenvalue weighted by molar-refractivity contribution is -0.113. The number of thioether (sulfide) groups is 1. The van der Waals surface area contributed by atoms with Crippen LogP contribution in [-0.4, -0.2) is 37.4 Å². The molecule has 4 rings (SSSR count). The summed E-state index contributed by atoms with van der Waals surface area (Å²) in [6, 6.07) is 31.2. The molecule has 0 aliphatic rings. The van der Waals surface area contributed by atoms with Crippen molar-refractivity contribution in [2.75, 3.05) is 30.1 Å². The molecule has 0 saturated heterocycles. The van der Waals surface area contributed by atoms with Gasteiger partial charge in [-0.25, -0.2) is 0 Å². The lowest BCUT2D eigenvalue weighted by Gasteiger charge is -2.13. The van der Waals surface area contributed by atoms with Gasteiger partial charge >= 0.3 is 0 Å². The molecule has 40 heavy (non-hydrogen) atoms. The molecular weight excluding hydrogens is 518 g/mol. The summed E-state index contributed by atoms with van der Waals surface area (Å²) in [4.78, 5) is 41.5. The first kappa shape index (κ1) is 28.4. The largest absolute Gasteiger partial charge is 0.378 e. The fourth-order valence-electron chi connectivity index (χ4n) is 3.78. The summed E-state index contributed by atoms with van der Waals surface area (Å²) in [6.45, 7) is 1.99. The van der Waals surface area contributed by atoms with Gasteiger partial charge in [0.25, 0.3) is 11.8 Å². The van der Waals surface area contributed by atoms with E-state index in [-0.39, 0.29) is 17.4 Å². The number of anilines is 2. The third-order valence-corrected chi connectivity index (χ3v) is 7.12.